The summed E-state index contributed by atoms with van der Waals surface area (Å²) in [6.07, 6.45) is 0. The van der Waals surface area contributed by atoms with E-state index in [-0.39, 0.29) is 5.91 Å². The Balaban J connectivity index is 2.23. The Morgan fingerprint density at radius 3 is 2.82 bits per heavy atom. The van der Waals surface area contributed by atoms with Gasteiger partial charge in [-0.05, 0) is 25.5 Å². The third kappa shape index (κ3) is 2.28. The zero-order valence-corrected chi connectivity index (χ0v) is 9.65. The molecule has 88 valence electrons. The molecular formula is C12H13N3O2. The number of rotatable bonds is 2. The lowest BCUT2D eigenvalue weighted by Crippen LogP contribution is -2.14. The number of hydrogen-bond donors (Lipinski definition) is 2. The van der Waals surface area contributed by atoms with E-state index in [4.69, 9.17) is 10.3 Å². The van der Waals surface area contributed by atoms with Gasteiger partial charge in [0.25, 0.3) is 5.91 Å². The molecule has 0 aliphatic heterocycles. The highest BCUT2D eigenvalue weighted by Crippen LogP contribution is 2.18. The first-order valence-corrected chi connectivity index (χ1v) is 5.17. The minimum atomic E-state index is -0.303. The third-order valence-electron chi connectivity index (χ3n) is 2.43. The summed E-state index contributed by atoms with van der Waals surface area (Å²) in [5.41, 5.74) is 8.31. The maximum absolute atomic E-state index is 11.9. The average molecular weight is 231 g/mol. The Labute approximate surface area is 98.6 Å². The second kappa shape index (κ2) is 4.29. The monoisotopic (exact) mass is 231 g/mol. The van der Waals surface area contributed by atoms with Crippen LogP contribution in [-0.4, -0.2) is 11.1 Å². The van der Waals surface area contributed by atoms with E-state index in [9.17, 15) is 4.79 Å². The third-order valence-corrected chi connectivity index (χ3v) is 2.43. The van der Waals surface area contributed by atoms with E-state index in [0.717, 1.165) is 5.56 Å². The van der Waals surface area contributed by atoms with E-state index in [0.29, 0.717) is 22.8 Å². The van der Waals surface area contributed by atoms with Crippen LogP contribution in [0.4, 0.5) is 11.6 Å². The number of nitrogen functional groups attached to an aromatic ring is 1. The van der Waals surface area contributed by atoms with Crippen LogP contribution in [0.2, 0.25) is 0 Å². The Hall–Kier alpha value is -2.30. The van der Waals surface area contributed by atoms with Crippen LogP contribution < -0.4 is 11.1 Å². The second-order valence-corrected chi connectivity index (χ2v) is 3.82. The number of para-hydroxylation sites is 1. The summed E-state index contributed by atoms with van der Waals surface area (Å²) in [4.78, 5) is 11.9. The highest BCUT2D eigenvalue weighted by atomic mass is 16.5. The van der Waals surface area contributed by atoms with E-state index in [1.54, 1.807) is 25.1 Å². The van der Waals surface area contributed by atoms with Crippen LogP contribution in [0.15, 0.2) is 28.8 Å². The molecule has 1 amide bonds. The minimum Gasteiger partial charge on any atom is -0.398 e. The Morgan fingerprint density at radius 2 is 2.18 bits per heavy atom. The minimum absolute atomic E-state index is 0.303. The normalized spacial score (nSPS) is 10.2. The molecule has 0 spiro atoms. The molecule has 2 aromatic rings. The van der Waals surface area contributed by atoms with Crippen molar-refractivity contribution in [2.45, 2.75) is 13.8 Å². The number of aryl methyl sites for hydroxylation is 2. The van der Waals surface area contributed by atoms with Gasteiger partial charge in [0, 0.05) is 11.8 Å². The lowest BCUT2D eigenvalue weighted by molar-refractivity contribution is 0.102. The summed E-state index contributed by atoms with van der Waals surface area (Å²) in [6.45, 7) is 3.63. The molecule has 1 heterocycles. The van der Waals surface area contributed by atoms with Crippen LogP contribution in [0.25, 0.3) is 0 Å². The molecule has 1 aromatic carbocycles. The largest absolute Gasteiger partial charge is 0.398 e. The Morgan fingerprint density at radius 1 is 1.41 bits per heavy atom. The lowest BCUT2D eigenvalue weighted by atomic mass is 10.1. The van der Waals surface area contributed by atoms with E-state index >= 15 is 0 Å². The first-order valence-electron chi connectivity index (χ1n) is 5.17. The molecule has 0 aliphatic carbocycles. The molecule has 0 saturated carbocycles. The van der Waals surface area contributed by atoms with E-state index in [1.165, 1.54) is 0 Å². The van der Waals surface area contributed by atoms with Crippen molar-refractivity contribution in [3.05, 3.63) is 41.1 Å². The number of hydrogen-bond acceptors (Lipinski definition) is 4. The van der Waals surface area contributed by atoms with Gasteiger partial charge < -0.3 is 10.3 Å². The number of anilines is 2. The molecule has 0 saturated heterocycles. The molecule has 0 unspecified atom stereocenters. The highest BCUT2D eigenvalue weighted by molar-refractivity contribution is 6.07. The average Bonchev–Trinajstić information content (AvgIpc) is 2.68. The van der Waals surface area contributed by atoms with Gasteiger partial charge in [0.15, 0.2) is 0 Å². The van der Waals surface area contributed by atoms with Gasteiger partial charge in [-0.3, -0.25) is 10.1 Å². The molecule has 1 aromatic heterocycles. The quantitative estimate of drug-likeness (QED) is 0.776. The first kappa shape index (κ1) is 11.2. The fraction of sp³-hybridized carbons (Fsp3) is 0.167. The number of benzene rings is 1. The first-order chi connectivity index (χ1) is 8.08. The summed E-state index contributed by atoms with van der Waals surface area (Å²) in [5, 5.41) is 6.28. The van der Waals surface area contributed by atoms with Crippen LogP contribution in [0.1, 0.15) is 21.6 Å². The summed E-state index contributed by atoms with van der Waals surface area (Å²) < 4.78 is 4.90. The van der Waals surface area contributed by atoms with Crippen LogP contribution >= 0.6 is 0 Å². The van der Waals surface area contributed by atoms with Gasteiger partial charge in [0.1, 0.15) is 0 Å². The topological polar surface area (TPSA) is 81.2 Å². The van der Waals surface area contributed by atoms with Crippen molar-refractivity contribution < 1.29 is 9.32 Å². The van der Waals surface area contributed by atoms with Crippen molar-refractivity contribution in [3.8, 4) is 0 Å². The summed E-state index contributed by atoms with van der Waals surface area (Å²) in [6, 6.07) is 6.95. The van der Waals surface area contributed by atoms with Crippen molar-refractivity contribution in [1.82, 2.24) is 5.16 Å². The fourth-order valence-corrected chi connectivity index (χ4v) is 1.48. The Bertz CT molecular complexity index is 561. The predicted octanol–water partition coefficient (Wildman–Crippen LogP) is 2.13. The highest BCUT2D eigenvalue weighted by Gasteiger charge is 2.12. The maximum atomic E-state index is 11.9. The molecule has 0 bridgehead atoms. The van der Waals surface area contributed by atoms with Gasteiger partial charge in [-0.25, -0.2) is 0 Å². The maximum Gasteiger partial charge on any atom is 0.260 e. The zero-order valence-electron chi connectivity index (χ0n) is 9.65. The van der Waals surface area contributed by atoms with Crippen molar-refractivity contribution >= 4 is 17.5 Å². The Kier molecular flexibility index (Phi) is 2.82. The van der Waals surface area contributed by atoms with Crippen molar-refractivity contribution in [3.63, 3.8) is 0 Å². The lowest BCUT2D eigenvalue weighted by Gasteiger charge is -2.06. The number of nitrogens with two attached hydrogens (primary N) is 1. The molecule has 0 fully saturated rings. The standard InChI is InChI=1S/C12H13N3O2/c1-7-4-3-5-9(11(7)13)12(16)14-10-6-8(2)15-17-10/h3-6H,13H2,1-2H3,(H,14,16). The molecule has 0 radical (unpaired) electrons. The van der Waals surface area contributed by atoms with Crippen molar-refractivity contribution in [2.24, 2.45) is 0 Å². The van der Waals surface area contributed by atoms with Crippen molar-refractivity contribution in [1.29, 1.82) is 0 Å². The van der Waals surface area contributed by atoms with Crippen molar-refractivity contribution in [2.75, 3.05) is 11.1 Å². The van der Waals surface area contributed by atoms with Gasteiger partial charge in [-0.2, -0.15) is 0 Å². The molecule has 3 N–H and O–H groups in total. The van der Waals surface area contributed by atoms with Crippen LogP contribution in [0.3, 0.4) is 0 Å². The van der Waals surface area contributed by atoms with E-state index < -0.39 is 0 Å². The second-order valence-electron chi connectivity index (χ2n) is 3.82. The number of nitrogens with one attached hydrogen (secondary N) is 1. The predicted molar refractivity (Wildman–Crippen MR) is 64.8 cm³/mol. The zero-order chi connectivity index (χ0) is 12.4. The molecule has 2 rings (SSSR count). The molecule has 17 heavy (non-hydrogen) atoms. The summed E-state index contributed by atoms with van der Waals surface area (Å²) in [5.74, 6) is 0.00996. The molecule has 5 nitrogen and oxygen atoms in total. The van der Waals surface area contributed by atoms with Gasteiger partial charge in [0.2, 0.25) is 5.88 Å². The molecule has 5 heteroatoms. The van der Waals surface area contributed by atoms with Crippen LogP contribution in [-0.2, 0) is 0 Å². The molecule has 0 aliphatic rings. The van der Waals surface area contributed by atoms with E-state index in [2.05, 4.69) is 10.5 Å². The molecule has 0 atom stereocenters. The van der Waals surface area contributed by atoms with Gasteiger partial charge in [-0.15, -0.1) is 0 Å². The van der Waals surface area contributed by atoms with Gasteiger partial charge in [0.05, 0.1) is 11.3 Å². The summed E-state index contributed by atoms with van der Waals surface area (Å²) >= 11 is 0. The number of nitrogens with zero attached hydrogens (tertiary/aromatic N) is 1. The fourth-order valence-electron chi connectivity index (χ4n) is 1.48. The van der Waals surface area contributed by atoms with Crippen LogP contribution in [0.5, 0.6) is 0 Å². The number of carbonyl (C=O) groups excluding carboxylic acids is 1. The smallest absolute Gasteiger partial charge is 0.260 e. The van der Waals surface area contributed by atoms with Gasteiger partial charge in [-0.1, -0.05) is 17.3 Å². The number of carbonyl (C=O) groups is 1. The van der Waals surface area contributed by atoms with E-state index in [1.807, 2.05) is 13.0 Å². The number of amides is 1. The SMILES string of the molecule is Cc1cc(NC(=O)c2cccc(C)c2N)on1. The van der Waals surface area contributed by atoms with Gasteiger partial charge >= 0.3 is 0 Å². The van der Waals surface area contributed by atoms with Crippen LogP contribution in [0, 0.1) is 13.8 Å². The summed E-state index contributed by atoms with van der Waals surface area (Å²) in [7, 11) is 0. The molecular weight excluding hydrogens is 218 g/mol. The number of aromatic nitrogens is 1.